The molecule has 0 bridgehead atoms. The summed E-state index contributed by atoms with van der Waals surface area (Å²) in [5.74, 6) is 0. The molecule has 4 rings (SSSR count). The fourth-order valence-corrected chi connectivity index (χ4v) is 5.37. The van der Waals surface area contributed by atoms with Crippen LogP contribution in [-0.2, 0) is 24.5 Å². The van der Waals surface area contributed by atoms with Gasteiger partial charge in [0.05, 0.1) is 33.7 Å². The molecule has 1 fully saturated rings. The lowest BCUT2D eigenvalue weighted by Gasteiger charge is -2.40. The summed E-state index contributed by atoms with van der Waals surface area (Å²) in [6.45, 7) is 8.13. The molecule has 7 heteroatoms. The van der Waals surface area contributed by atoms with E-state index in [4.69, 9.17) is 0 Å². The molecule has 1 unspecified atom stereocenters. The van der Waals surface area contributed by atoms with E-state index in [9.17, 15) is 4.21 Å². The number of hydrogen-bond acceptors (Lipinski definition) is 4. The Morgan fingerprint density at radius 3 is 2.64 bits per heavy atom. The third kappa shape index (κ3) is 3.75. The zero-order valence-electron chi connectivity index (χ0n) is 17.2. The van der Waals surface area contributed by atoms with E-state index in [1.807, 2.05) is 40.2 Å². The first-order chi connectivity index (χ1) is 13.3. The summed E-state index contributed by atoms with van der Waals surface area (Å²) in [7, 11) is 0.806. The summed E-state index contributed by atoms with van der Waals surface area (Å²) in [4.78, 5) is 0. The van der Waals surface area contributed by atoms with Gasteiger partial charge in [-0.3, -0.25) is 4.68 Å². The van der Waals surface area contributed by atoms with Gasteiger partial charge in [0.15, 0.2) is 0 Å². The Bertz CT molecular complexity index is 879. The SMILES string of the molecule is Cn1cc(Nc2ccc3c(c2)[C@@H](NS(=O)C(C)(C)C)C2(CCNCC2)C3)cn1. The summed E-state index contributed by atoms with van der Waals surface area (Å²) in [5, 5.41) is 11.2. The van der Waals surface area contributed by atoms with Gasteiger partial charge in [0.25, 0.3) is 0 Å². The van der Waals surface area contributed by atoms with Crippen molar-refractivity contribution in [2.75, 3.05) is 18.4 Å². The first-order valence-electron chi connectivity index (χ1n) is 10.0. The van der Waals surface area contributed by atoms with E-state index in [1.165, 1.54) is 11.1 Å². The zero-order chi connectivity index (χ0) is 19.9. The number of piperidine rings is 1. The lowest BCUT2D eigenvalue weighted by Crippen LogP contribution is -2.46. The third-order valence-corrected chi connectivity index (χ3v) is 7.55. The molecule has 2 aliphatic rings. The Morgan fingerprint density at radius 1 is 1.25 bits per heavy atom. The fourth-order valence-electron chi connectivity index (χ4n) is 4.43. The normalized spacial score (nSPS) is 22.2. The maximum Gasteiger partial charge on any atom is 0.0976 e. The second kappa shape index (κ2) is 7.28. The lowest BCUT2D eigenvalue weighted by atomic mass is 9.73. The van der Waals surface area contributed by atoms with E-state index < -0.39 is 11.0 Å². The van der Waals surface area contributed by atoms with Crippen molar-refractivity contribution in [2.45, 2.75) is 50.8 Å². The van der Waals surface area contributed by atoms with Gasteiger partial charge in [-0.15, -0.1) is 0 Å². The number of anilines is 2. The molecule has 1 aliphatic heterocycles. The minimum atomic E-state index is -1.11. The van der Waals surface area contributed by atoms with Crippen LogP contribution in [0.15, 0.2) is 30.6 Å². The van der Waals surface area contributed by atoms with Crippen molar-refractivity contribution in [3.05, 3.63) is 41.7 Å². The lowest BCUT2D eigenvalue weighted by molar-refractivity contribution is 0.165. The van der Waals surface area contributed by atoms with Crippen molar-refractivity contribution >= 4 is 22.4 Å². The van der Waals surface area contributed by atoms with Crippen molar-refractivity contribution < 1.29 is 4.21 Å². The van der Waals surface area contributed by atoms with Gasteiger partial charge >= 0.3 is 0 Å². The number of fused-ring (bicyclic) bond motifs is 1. The molecule has 28 heavy (non-hydrogen) atoms. The van der Waals surface area contributed by atoms with Crippen LogP contribution in [0.2, 0.25) is 0 Å². The standard InChI is InChI=1S/C21H31N5OS/c1-20(2,3)28(27)25-19-18-11-16(24-17-13-23-26(4)14-17)6-5-15(18)12-21(19)7-9-22-10-8-21/h5-6,11,13-14,19,22,24-25H,7-10,12H2,1-4H3/t19-,28?/m1/s1. The third-order valence-electron chi connectivity index (χ3n) is 5.99. The molecule has 0 amide bonds. The van der Waals surface area contributed by atoms with Crippen LogP contribution in [0, 0.1) is 5.41 Å². The maximum atomic E-state index is 13.0. The topological polar surface area (TPSA) is 71.0 Å². The molecular formula is C21H31N5OS. The van der Waals surface area contributed by atoms with E-state index in [1.54, 1.807) is 4.68 Å². The molecule has 1 aromatic carbocycles. The van der Waals surface area contributed by atoms with Crippen LogP contribution in [0.3, 0.4) is 0 Å². The van der Waals surface area contributed by atoms with Gasteiger partial charge < -0.3 is 10.6 Å². The highest BCUT2D eigenvalue weighted by atomic mass is 32.2. The second-order valence-corrected chi connectivity index (χ2v) is 11.2. The highest BCUT2D eigenvalue weighted by molar-refractivity contribution is 7.84. The molecule has 0 radical (unpaired) electrons. The largest absolute Gasteiger partial charge is 0.353 e. The van der Waals surface area contributed by atoms with E-state index in [-0.39, 0.29) is 16.2 Å². The summed E-state index contributed by atoms with van der Waals surface area (Å²) in [5.41, 5.74) is 4.82. The second-order valence-electron chi connectivity index (χ2n) is 9.16. The number of rotatable bonds is 4. The molecule has 6 nitrogen and oxygen atoms in total. The van der Waals surface area contributed by atoms with E-state index in [2.05, 4.69) is 38.7 Å². The van der Waals surface area contributed by atoms with Gasteiger partial charge in [-0.05, 0) is 81.8 Å². The number of aryl methyl sites for hydroxylation is 1. The summed E-state index contributed by atoms with van der Waals surface area (Å²) in [6.07, 6.45) is 7.05. The Hall–Kier alpha value is -1.70. The van der Waals surface area contributed by atoms with E-state index in [0.29, 0.717) is 0 Å². The van der Waals surface area contributed by atoms with Gasteiger partial charge in [0, 0.05) is 18.9 Å². The maximum absolute atomic E-state index is 13.0. The van der Waals surface area contributed by atoms with Crippen molar-refractivity contribution in [1.82, 2.24) is 19.8 Å². The van der Waals surface area contributed by atoms with Crippen LogP contribution in [-0.4, -0.2) is 31.8 Å². The molecular weight excluding hydrogens is 370 g/mol. The first kappa shape index (κ1) is 19.6. The average molecular weight is 402 g/mol. The monoisotopic (exact) mass is 401 g/mol. The Labute approximate surface area is 170 Å². The van der Waals surface area contributed by atoms with Gasteiger partial charge in [0.1, 0.15) is 0 Å². The number of nitrogens with zero attached hydrogens (tertiary/aromatic N) is 2. The predicted octanol–water partition coefficient (Wildman–Crippen LogP) is 3.18. The predicted molar refractivity (Wildman–Crippen MR) is 115 cm³/mol. The minimum absolute atomic E-state index is 0.111. The molecule has 0 saturated carbocycles. The van der Waals surface area contributed by atoms with Gasteiger partial charge in [-0.25, -0.2) is 8.93 Å². The summed E-state index contributed by atoms with van der Waals surface area (Å²) < 4.78 is 18.0. The van der Waals surface area contributed by atoms with Crippen molar-refractivity contribution in [2.24, 2.45) is 12.5 Å². The van der Waals surface area contributed by atoms with Crippen LogP contribution >= 0.6 is 0 Å². The number of hydrogen-bond donors (Lipinski definition) is 3. The van der Waals surface area contributed by atoms with Crippen LogP contribution in [0.1, 0.15) is 50.8 Å². The van der Waals surface area contributed by atoms with Gasteiger partial charge in [0.2, 0.25) is 0 Å². The molecule has 1 saturated heterocycles. The van der Waals surface area contributed by atoms with E-state index in [0.717, 1.165) is 43.7 Å². The van der Waals surface area contributed by atoms with Gasteiger partial charge in [-0.1, -0.05) is 6.07 Å². The zero-order valence-corrected chi connectivity index (χ0v) is 18.0. The molecule has 2 heterocycles. The molecule has 2 atom stereocenters. The Balaban J connectivity index is 1.67. The van der Waals surface area contributed by atoms with E-state index >= 15 is 0 Å². The average Bonchev–Trinajstić information content (AvgIpc) is 3.17. The first-order valence-corrected chi connectivity index (χ1v) is 11.2. The molecule has 1 spiro atoms. The number of nitrogens with one attached hydrogen (secondary N) is 3. The van der Waals surface area contributed by atoms with Crippen molar-refractivity contribution in [3.63, 3.8) is 0 Å². The quantitative estimate of drug-likeness (QED) is 0.736. The molecule has 2 aromatic rings. The fraction of sp³-hybridized carbons (Fsp3) is 0.571. The van der Waals surface area contributed by atoms with Crippen LogP contribution in [0.4, 0.5) is 11.4 Å². The molecule has 3 N–H and O–H groups in total. The van der Waals surface area contributed by atoms with Crippen LogP contribution < -0.4 is 15.4 Å². The smallest absolute Gasteiger partial charge is 0.0976 e. The van der Waals surface area contributed by atoms with Gasteiger partial charge in [-0.2, -0.15) is 5.10 Å². The minimum Gasteiger partial charge on any atom is -0.353 e. The molecule has 1 aromatic heterocycles. The van der Waals surface area contributed by atoms with Crippen molar-refractivity contribution in [1.29, 1.82) is 0 Å². The highest BCUT2D eigenvalue weighted by Crippen LogP contribution is 2.52. The number of aromatic nitrogens is 2. The Kier molecular flexibility index (Phi) is 5.10. The number of benzene rings is 1. The molecule has 152 valence electrons. The summed E-state index contributed by atoms with van der Waals surface area (Å²) >= 11 is 0. The Morgan fingerprint density at radius 2 is 2.00 bits per heavy atom. The van der Waals surface area contributed by atoms with Crippen LogP contribution in [0.25, 0.3) is 0 Å². The van der Waals surface area contributed by atoms with Crippen LogP contribution in [0.5, 0.6) is 0 Å². The highest BCUT2D eigenvalue weighted by Gasteiger charge is 2.47. The summed E-state index contributed by atoms with van der Waals surface area (Å²) in [6, 6.07) is 6.72. The van der Waals surface area contributed by atoms with Crippen molar-refractivity contribution in [3.8, 4) is 0 Å². The molecule has 1 aliphatic carbocycles.